The molecular formula is C13H24N4O3S. The van der Waals surface area contributed by atoms with Crippen LogP contribution in [0.25, 0.3) is 0 Å². The topological polar surface area (TPSA) is 90.5 Å². The molecule has 0 amide bonds. The molecule has 2 N–H and O–H groups in total. The van der Waals surface area contributed by atoms with Gasteiger partial charge in [-0.1, -0.05) is 0 Å². The Kier molecular flexibility index (Phi) is 5.74. The van der Waals surface area contributed by atoms with Gasteiger partial charge in [0.05, 0.1) is 6.20 Å². The monoisotopic (exact) mass is 316 g/mol. The minimum absolute atomic E-state index is 0.268. The Morgan fingerprint density at radius 1 is 1.43 bits per heavy atom. The highest BCUT2D eigenvalue weighted by atomic mass is 32.2. The molecule has 0 aliphatic carbocycles. The molecule has 1 aromatic heterocycles. The fourth-order valence-electron chi connectivity index (χ4n) is 2.55. The Morgan fingerprint density at radius 3 is 2.76 bits per heavy atom. The van der Waals surface area contributed by atoms with E-state index in [1.165, 1.54) is 6.20 Å². The van der Waals surface area contributed by atoms with Gasteiger partial charge < -0.3 is 10.5 Å². The van der Waals surface area contributed by atoms with E-state index >= 15 is 0 Å². The third-order valence-electron chi connectivity index (χ3n) is 3.81. The molecule has 8 heteroatoms. The number of sulfonamides is 1. The molecule has 0 atom stereocenters. The van der Waals surface area contributed by atoms with Crippen molar-refractivity contribution in [3.8, 4) is 0 Å². The number of methoxy groups -OCH3 is 1. The van der Waals surface area contributed by atoms with Crippen LogP contribution >= 0.6 is 0 Å². The van der Waals surface area contributed by atoms with E-state index in [4.69, 9.17) is 10.5 Å². The van der Waals surface area contributed by atoms with Crippen molar-refractivity contribution in [3.05, 3.63) is 12.4 Å². The van der Waals surface area contributed by atoms with Crippen LogP contribution in [0, 0.1) is 5.92 Å². The summed E-state index contributed by atoms with van der Waals surface area (Å²) < 4.78 is 33.4. The van der Waals surface area contributed by atoms with E-state index in [1.807, 2.05) is 0 Å². The molecule has 7 nitrogen and oxygen atoms in total. The molecule has 1 aliphatic heterocycles. The molecule has 0 unspecified atom stereocenters. The Balaban J connectivity index is 2.00. The molecule has 1 saturated heterocycles. The van der Waals surface area contributed by atoms with E-state index in [9.17, 15) is 8.42 Å². The van der Waals surface area contributed by atoms with Crippen LogP contribution in [0.5, 0.6) is 0 Å². The average molecular weight is 316 g/mol. The molecule has 0 radical (unpaired) electrons. The number of aromatic nitrogens is 2. The summed E-state index contributed by atoms with van der Waals surface area (Å²) in [7, 11) is -1.75. The molecule has 120 valence electrons. The predicted molar refractivity (Wildman–Crippen MR) is 79.3 cm³/mol. The lowest BCUT2D eigenvalue weighted by Crippen LogP contribution is -2.39. The summed E-state index contributed by atoms with van der Waals surface area (Å²) >= 11 is 0. The van der Waals surface area contributed by atoms with Gasteiger partial charge in [0.25, 0.3) is 0 Å². The van der Waals surface area contributed by atoms with Gasteiger partial charge in [0.2, 0.25) is 10.0 Å². The molecule has 0 aromatic carbocycles. The number of nitrogens with zero attached hydrogens (tertiary/aromatic N) is 3. The van der Waals surface area contributed by atoms with E-state index in [0.29, 0.717) is 38.7 Å². The highest BCUT2D eigenvalue weighted by molar-refractivity contribution is 7.89. The van der Waals surface area contributed by atoms with Crippen LogP contribution in [0.15, 0.2) is 17.3 Å². The van der Waals surface area contributed by atoms with Gasteiger partial charge in [-0.05, 0) is 31.7 Å². The molecule has 1 aliphatic rings. The smallest absolute Gasteiger partial charge is 0.246 e. The third kappa shape index (κ3) is 4.03. The third-order valence-corrected chi connectivity index (χ3v) is 5.67. The van der Waals surface area contributed by atoms with E-state index in [0.717, 1.165) is 19.3 Å². The first kappa shape index (κ1) is 16.4. The summed E-state index contributed by atoms with van der Waals surface area (Å²) in [6.45, 7) is 3.00. The second kappa shape index (κ2) is 7.35. The number of hydrogen-bond acceptors (Lipinski definition) is 5. The minimum Gasteiger partial charge on any atom is -0.384 e. The van der Waals surface area contributed by atoms with Crippen LogP contribution in [-0.4, -0.2) is 55.9 Å². The lowest BCUT2D eigenvalue weighted by atomic mass is 9.99. The van der Waals surface area contributed by atoms with Crippen molar-refractivity contribution in [2.45, 2.75) is 30.7 Å². The van der Waals surface area contributed by atoms with E-state index in [1.54, 1.807) is 22.3 Å². The maximum absolute atomic E-state index is 12.6. The van der Waals surface area contributed by atoms with Gasteiger partial charge in [0.15, 0.2) is 0 Å². The standard InChI is InChI=1S/C13H24N4O3S/c1-20-11-12-3-7-17(8-4-12)21(18,19)13-9-15-16(10-13)6-2-5-14/h9-10,12H,2-8,11,14H2,1H3. The van der Waals surface area contributed by atoms with Gasteiger partial charge in [-0.2, -0.15) is 9.40 Å². The summed E-state index contributed by atoms with van der Waals surface area (Å²) in [4.78, 5) is 0.268. The first-order valence-electron chi connectivity index (χ1n) is 7.29. The first-order valence-corrected chi connectivity index (χ1v) is 8.73. The van der Waals surface area contributed by atoms with E-state index in [-0.39, 0.29) is 4.90 Å². The van der Waals surface area contributed by atoms with Crippen molar-refractivity contribution >= 4 is 10.0 Å². The van der Waals surface area contributed by atoms with Gasteiger partial charge in [0, 0.05) is 39.5 Å². The second-order valence-corrected chi connectivity index (χ2v) is 7.32. The summed E-state index contributed by atoms with van der Waals surface area (Å²) in [5.74, 6) is 0.453. The quantitative estimate of drug-likeness (QED) is 0.780. The number of hydrogen-bond donors (Lipinski definition) is 1. The number of ether oxygens (including phenoxy) is 1. The summed E-state index contributed by atoms with van der Waals surface area (Å²) in [6, 6.07) is 0. The van der Waals surface area contributed by atoms with Crippen LogP contribution in [0.3, 0.4) is 0 Å². The van der Waals surface area contributed by atoms with Gasteiger partial charge in [-0.3, -0.25) is 4.68 Å². The van der Waals surface area contributed by atoms with Gasteiger partial charge in [0.1, 0.15) is 4.90 Å². The van der Waals surface area contributed by atoms with Crippen molar-refractivity contribution in [2.75, 3.05) is 33.4 Å². The highest BCUT2D eigenvalue weighted by Crippen LogP contribution is 2.23. The van der Waals surface area contributed by atoms with Gasteiger partial charge in [-0.25, -0.2) is 8.42 Å². The fourth-order valence-corrected chi connectivity index (χ4v) is 3.98. The average Bonchev–Trinajstić information content (AvgIpc) is 2.96. The lowest BCUT2D eigenvalue weighted by Gasteiger charge is -2.30. The highest BCUT2D eigenvalue weighted by Gasteiger charge is 2.30. The van der Waals surface area contributed by atoms with Crippen LogP contribution in [0.4, 0.5) is 0 Å². The zero-order chi connectivity index (χ0) is 15.3. The van der Waals surface area contributed by atoms with Crippen LogP contribution in [0.2, 0.25) is 0 Å². The van der Waals surface area contributed by atoms with Crippen molar-refractivity contribution in [1.29, 1.82) is 0 Å². The van der Waals surface area contributed by atoms with Crippen molar-refractivity contribution in [2.24, 2.45) is 11.7 Å². The Morgan fingerprint density at radius 2 is 2.14 bits per heavy atom. The predicted octanol–water partition coefficient (Wildman–Crippen LogP) is 0.279. The van der Waals surface area contributed by atoms with Crippen molar-refractivity contribution < 1.29 is 13.2 Å². The Labute approximate surface area is 126 Å². The summed E-state index contributed by atoms with van der Waals surface area (Å²) in [5, 5.41) is 4.09. The second-order valence-electron chi connectivity index (χ2n) is 5.38. The van der Waals surface area contributed by atoms with Crippen molar-refractivity contribution in [3.63, 3.8) is 0 Å². The van der Waals surface area contributed by atoms with Crippen molar-refractivity contribution in [1.82, 2.24) is 14.1 Å². The minimum atomic E-state index is -3.43. The molecule has 21 heavy (non-hydrogen) atoms. The number of aryl methyl sites for hydroxylation is 1. The molecule has 1 fully saturated rings. The molecule has 0 spiro atoms. The number of nitrogens with two attached hydrogens (primary N) is 1. The molecular weight excluding hydrogens is 292 g/mol. The largest absolute Gasteiger partial charge is 0.384 e. The van der Waals surface area contributed by atoms with Crippen LogP contribution < -0.4 is 5.73 Å². The van der Waals surface area contributed by atoms with Crippen LogP contribution in [-0.2, 0) is 21.3 Å². The fraction of sp³-hybridized carbons (Fsp3) is 0.769. The zero-order valence-electron chi connectivity index (χ0n) is 12.4. The summed E-state index contributed by atoms with van der Waals surface area (Å²) in [5.41, 5.74) is 5.45. The normalized spacial score (nSPS) is 18.2. The molecule has 0 saturated carbocycles. The van der Waals surface area contributed by atoms with E-state index < -0.39 is 10.0 Å². The molecule has 1 aromatic rings. The van der Waals surface area contributed by atoms with Gasteiger partial charge >= 0.3 is 0 Å². The zero-order valence-corrected chi connectivity index (χ0v) is 13.3. The Bertz CT molecular complexity index is 535. The SMILES string of the molecule is COCC1CCN(S(=O)(=O)c2cnn(CCCN)c2)CC1. The summed E-state index contributed by atoms with van der Waals surface area (Å²) in [6.07, 6.45) is 5.48. The molecule has 2 heterocycles. The molecule has 2 rings (SSSR count). The van der Waals surface area contributed by atoms with Crippen LogP contribution in [0.1, 0.15) is 19.3 Å². The maximum Gasteiger partial charge on any atom is 0.246 e. The molecule has 0 bridgehead atoms. The lowest BCUT2D eigenvalue weighted by molar-refractivity contribution is 0.121. The first-order chi connectivity index (χ1) is 10.1. The number of piperidine rings is 1. The maximum atomic E-state index is 12.6. The Hall–Kier alpha value is -0.960. The van der Waals surface area contributed by atoms with E-state index in [2.05, 4.69) is 5.10 Å². The van der Waals surface area contributed by atoms with Gasteiger partial charge in [-0.15, -0.1) is 0 Å². The number of rotatable bonds is 7.